The summed E-state index contributed by atoms with van der Waals surface area (Å²) in [5.74, 6) is 8.21. The van der Waals surface area contributed by atoms with E-state index < -0.39 is 0 Å². The van der Waals surface area contributed by atoms with Gasteiger partial charge in [-0.15, -0.1) is 0 Å². The molecule has 0 aromatic carbocycles. The Balaban J connectivity index is 1.84. The molecule has 4 saturated carbocycles. The van der Waals surface area contributed by atoms with Crippen LogP contribution < -0.4 is 0 Å². The topological polar surface area (TPSA) is 0 Å². The van der Waals surface area contributed by atoms with Crippen LogP contribution in [0.4, 0.5) is 0 Å². The molecule has 114 valence electrons. The zero-order valence-corrected chi connectivity index (χ0v) is 14.4. The first-order valence-corrected chi connectivity index (χ1v) is 9.24. The summed E-state index contributed by atoms with van der Waals surface area (Å²) in [6.45, 7) is 15.6. The fourth-order valence-corrected chi connectivity index (χ4v) is 7.94. The first-order chi connectivity index (χ1) is 9.24. The Morgan fingerprint density at radius 1 is 0.550 bits per heavy atom. The minimum Gasteiger partial charge on any atom is -0.0625 e. The molecule has 20 heavy (non-hydrogen) atoms. The molecule has 0 bridgehead atoms. The van der Waals surface area contributed by atoms with Crippen LogP contribution in [0.5, 0.6) is 0 Å². The highest BCUT2D eigenvalue weighted by Crippen LogP contribution is 2.75. The summed E-state index contributed by atoms with van der Waals surface area (Å²) in [5.41, 5.74) is 1.23. The number of hydrogen-bond acceptors (Lipinski definition) is 0. The second-order valence-corrected chi connectivity index (χ2v) is 10.4. The third kappa shape index (κ3) is 1.45. The van der Waals surface area contributed by atoms with Crippen LogP contribution in [0.25, 0.3) is 0 Å². The van der Waals surface area contributed by atoms with Crippen molar-refractivity contribution < 1.29 is 0 Å². The quantitative estimate of drug-likeness (QED) is 0.537. The Hall–Kier alpha value is 0. The van der Waals surface area contributed by atoms with Gasteiger partial charge in [0.1, 0.15) is 0 Å². The highest BCUT2D eigenvalue weighted by atomic mass is 14.7. The monoisotopic (exact) mass is 274 g/mol. The van der Waals surface area contributed by atoms with Gasteiger partial charge in [-0.3, -0.25) is 0 Å². The average Bonchev–Trinajstić information content (AvgIpc) is 2.69. The third-order valence-corrected chi connectivity index (χ3v) is 8.75. The van der Waals surface area contributed by atoms with Gasteiger partial charge in [0.25, 0.3) is 0 Å². The Morgan fingerprint density at radius 2 is 0.800 bits per heavy atom. The molecular weight excluding hydrogens is 240 g/mol. The maximum Gasteiger partial charge on any atom is -0.0292 e. The Morgan fingerprint density at radius 3 is 1.05 bits per heavy atom. The van der Waals surface area contributed by atoms with Crippen molar-refractivity contribution in [3.8, 4) is 0 Å². The molecule has 0 nitrogen and oxygen atoms in total. The minimum absolute atomic E-state index is 0.617. The molecule has 0 saturated heterocycles. The molecule has 4 aliphatic carbocycles. The van der Waals surface area contributed by atoms with E-state index in [2.05, 4.69) is 41.5 Å². The SMILES string of the molecule is CC1CC2C3C4C(CC(C)CC4C(C)(C)C3C1)C2(C)C. The van der Waals surface area contributed by atoms with Crippen LogP contribution in [0.1, 0.15) is 67.2 Å². The lowest BCUT2D eigenvalue weighted by Crippen LogP contribution is -2.42. The van der Waals surface area contributed by atoms with Gasteiger partial charge in [0.15, 0.2) is 0 Å². The largest absolute Gasteiger partial charge is 0.0625 e. The fraction of sp³-hybridized carbons (Fsp3) is 1.00. The van der Waals surface area contributed by atoms with Crippen molar-refractivity contribution in [1.29, 1.82) is 0 Å². The predicted octanol–water partition coefficient (Wildman–Crippen LogP) is 5.62. The smallest absolute Gasteiger partial charge is 0.0292 e. The summed E-state index contributed by atoms with van der Waals surface area (Å²) >= 11 is 0. The summed E-state index contributed by atoms with van der Waals surface area (Å²) in [7, 11) is 0. The number of rotatable bonds is 0. The van der Waals surface area contributed by atoms with Crippen molar-refractivity contribution in [3.05, 3.63) is 0 Å². The normalized spacial score (nSPS) is 58.5. The molecule has 4 unspecified atom stereocenters. The molecule has 0 amide bonds. The molecule has 4 atom stereocenters. The van der Waals surface area contributed by atoms with E-state index in [4.69, 9.17) is 0 Å². The van der Waals surface area contributed by atoms with E-state index in [1.165, 1.54) is 25.7 Å². The van der Waals surface area contributed by atoms with E-state index >= 15 is 0 Å². The molecule has 0 heteroatoms. The van der Waals surface area contributed by atoms with E-state index in [0.717, 1.165) is 47.3 Å². The highest BCUT2D eigenvalue weighted by molar-refractivity contribution is 5.17. The molecule has 4 aliphatic rings. The molecule has 4 rings (SSSR count). The zero-order chi connectivity index (χ0) is 14.4. The molecule has 0 aliphatic heterocycles. The lowest BCUT2D eigenvalue weighted by atomic mass is 9.55. The molecule has 0 aromatic rings. The van der Waals surface area contributed by atoms with Crippen LogP contribution in [0.3, 0.4) is 0 Å². The van der Waals surface area contributed by atoms with Crippen LogP contribution in [-0.4, -0.2) is 0 Å². The third-order valence-electron chi connectivity index (χ3n) is 8.75. The first-order valence-electron chi connectivity index (χ1n) is 9.24. The second kappa shape index (κ2) is 3.85. The fourth-order valence-electron chi connectivity index (χ4n) is 7.94. The van der Waals surface area contributed by atoms with Gasteiger partial charge in [0, 0.05) is 0 Å². The molecule has 0 spiro atoms. The minimum atomic E-state index is 0.617. The average molecular weight is 274 g/mol. The molecule has 4 fully saturated rings. The Kier molecular flexibility index (Phi) is 2.63. The van der Waals surface area contributed by atoms with Crippen LogP contribution in [-0.2, 0) is 0 Å². The predicted molar refractivity (Wildman–Crippen MR) is 85.3 cm³/mol. The van der Waals surface area contributed by atoms with E-state index in [1.807, 2.05) is 0 Å². The second-order valence-electron chi connectivity index (χ2n) is 10.4. The molecule has 0 N–H and O–H groups in total. The van der Waals surface area contributed by atoms with Gasteiger partial charge in [0.2, 0.25) is 0 Å². The van der Waals surface area contributed by atoms with Crippen molar-refractivity contribution in [2.24, 2.45) is 58.2 Å². The van der Waals surface area contributed by atoms with E-state index in [1.54, 1.807) is 0 Å². The molecule has 0 aromatic heterocycles. The lowest BCUT2D eigenvalue weighted by molar-refractivity contribution is -0.00979. The van der Waals surface area contributed by atoms with Gasteiger partial charge in [-0.2, -0.15) is 0 Å². The van der Waals surface area contributed by atoms with E-state index in [-0.39, 0.29) is 0 Å². The molecular formula is C20H34. The lowest BCUT2D eigenvalue weighted by Gasteiger charge is -2.50. The summed E-state index contributed by atoms with van der Waals surface area (Å²) in [6, 6.07) is 0. The van der Waals surface area contributed by atoms with Crippen molar-refractivity contribution in [2.75, 3.05) is 0 Å². The summed E-state index contributed by atoms with van der Waals surface area (Å²) in [6.07, 6.45) is 6.10. The van der Waals surface area contributed by atoms with Crippen LogP contribution in [0, 0.1) is 58.2 Å². The summed E-state index contributed by atoms with van der Waals surface area (Å²) < 4.78 is 0. The van der Waals surface area contributed by atoms with Gasteiger partial charge in [-0.25, -0.2) is 0 Å². The van der Waals surface area contributed by atoms with Gasteiger partial charge >= 0.3 is 0 Å². The van der Waals surface area contributed by atoms with Crippen LogP contribution in [0.15, 0.2) is 0 Å². The first kappa shape index (κ1) is 13.6. The Bertz CT molecular complexity index is 346. The summed E-state index contributed by atoms with van der Waals surface area (Å²) in [4.78, 5) is 0. The van der Waals surface area contributed by atoms with Gasteiger partial charge in [0.05, 0.1) is 0 Å². The van der Waals surface area contributed by atoms with Crippen molar-refractivity contribution in [2.45, 2.75) is 67.2 Å². The highest BCUT2D eigenvalue weighted by Gasteiger charge is 2.69. The maximum atomic E-state index is 2.64. The van der Waals surface area contributed by atoms with Gasteiger partial charge < -0.3 is 0 Å². The van der Waals surface area contributed by atoms with Crippen molar-refractivity contribution >= 4 is 0 Å². The van der Waals surface area contributed by atoms with Crippen LogP contribution >= 0.6 is 0 Å². The van der Waals surface area contributed by atoms with E-state index in [9.17, 15) is 0 Å². The van der Waals surface area contributed by atoms with Crippen molar-refractivity contribution in [1.82, 2.24) is 0 Å². The molecule has 0 radical (unpaired) electrons. The standard InChI is InChI=1S/C20H34/c1-11-7-13-17-14(8-11)20(5,6)16-10-12(2)9-15(18(16)17)19(13,3)4/h11-18H,7-10H2,1-6H3. The molecule has 0 heterocycles. The maximum absolute atomic E-state index is 2.64. The zero-order valence-electron chi connectivity index (χ0n) is 14.4. The summed E-state index contributed by atoms with van der Waals surface area (Å²) in [5, 5.41) is 0. The van der Waals surface area contributed by atoms with Gasteiger partial charge in [-0.1, -0.05) is 41.5 Å². The van der Waals surface area contributed by atoms with E-state index in [0.29, 0.717) is 10.8 Å². The Labute approximate surface area is 126 Å². The van der Waals surface area contributed by atoms with Crippen LogP contribution in [0.2, 0.25) is 0 Å². The number of hydrogen-bond donors (Lipinski definition) is 0. The van der Waals surface area contributed by atoms with Gasteiger partial charge in [-0.05, 0) is 83.9 Å². The van der Waals surface area contributed by atoms with Crippen molar-refractivity contribution in [3.63, 3.8) is 0 Å².